The van der Waals surface area contributed by atoms with Gasteiger partial charge in [0.2, 0.25) is 0 Å². The van der Waals surface area contributed by atoms with Gasteiger partial charge in [-0.05, 0) is 65.9 Å². The van der Waals surface area contributed by atoms with Crippen LogP contribution in [0.2, 0.25) is 0 Å². The van der Waals surface area contributed by atoms with Crippen LogP contribution in [0.3, 0.4) is 0 Å². The molecular weight excluding hydrogens is 375 g/mol. The first-order chi connectivity index (χ1) is 12.9. The topological polar surface area (TPSA) is 53.1 Å². The van der Waals surface area contributed by atoms with Gasteiger partial charge in [-0.1, -0.05) is 6.07 Å². The molecule has 1 aromatic heterocycles. The van der Waals surface area contributed by atoms with E-state index in [4.69, 9.17) is 9.88 Å². The lowest BCUT2D eigenvalue weighted by atomic mass is 10.1. The summed E-state index contributed by atoms with van der Waals surface area (Å²) in [5.41, 5.74) is 0.0137. The maximum atomic E-state index is 13.6. The summed E-state index contributed by atoms with van der Waals surface area (Å²) in [4.78, 5) is 0.806. The molecule has 3 aromatic carbocycles. The Balaban J connectivity index is 2.07. The normalized spacial score (nSPS) is 12.0. The van der Waals surface area contributed by atoms with Crippen molar-refractivity contribution in [1.29, 1.82) is 0 Å². The molecule has 4 aromatic rings. The molecule has 1 heterocycles. The summed E-state index contributed by atoms with van der Waals surface area (Å²) in [5.74, 6) is 0.633. The molecule has 0 radical (unpaired) electrons. The monoisotopic (exact) mass is 389 g/mol. The van der Waals surface area contributed by atoms with Crippen LogP contribution < -0.4 is 9.88 Å². The average Bonchev–Trinajstić information content (AvgIpc) is 3.08. The fraction of sp³-hybridized carbons (Fsp3) is 0.105. The minimum atomic E-state index is -4.56. The predicted molar refractivity (Wildman–Crippen MR) is 100 cm³/mol. The molecule has 0 saturated heterocycles. The fourth-order valence-electron chi connectivity index (χ4n) is 3.10. The van der Waals surface area contributed by atoms with Crippen LogP contribution in [-0.2, 0) is 6.18 Å². The summed E-state index contributed by atoms with van der Waals surface area (Å²) in [7, 11) is 1.54. The molecule has 0 unspecified atom stereocenters. The van der Waals surface area contributed by atoms with Crippen molar-refractivity contribution < 1.29 is 17.9 Å². The van der Waals surface area contributed by atoms with E-state index in [0.29, 0.717) is 22.3 Å². The summed E-state index contributed by atoms with van der Waals surface area (Å²) >= 11 is 1.07. The first kappa shape index (κ1) is 17.7. The maximum Gasteiger partial charge on any atom is 0.435 e. The smallest absolute Gasteiger partial charge is 0.435 e. The zero-order valence-electron chi connectivity index (χ0n) is 14.1. The second kappa shape index (κ2) is 6.47. The Morgan fingerprint density at radius 1 is 1.00 bits per heavy atom. The van der Waals surface area contributed by atoms with Crippen LogP contribution in [0.5, 0.6) is 5.75 Å². The van der Waals surface area contributed by atoms with E-state index in [1.807, 2.05) is 0 Å². The van der Waals surface area contributed by atoms with Crippen LogP contribution in [0.4, 0.5) is 13.2 Å². The highest BCUT2D eigenvalue weighted by molar-refractivity contribution is 7.97. The summed E-state index contributed by atoms with van der Waals surface area (Å²) in [6.07, 6.45) is -4.56. The molecule has 0 amide bonds. The number of benzene rings is 3. The summed E-state index contributed by atoms with van der Waals surface area (Å²) in [5, 5.41) is 10.9. The molecule has 4 nitrogen and oxygen atoms in total. The zero-order valence-corrected chi connectivity index (χ0v) is 14.9. The number of ether oxygens (including phenoxy) is 1. The van der Waals surface area contributed by atoms with Gasteiger partial charge in [0.05, 0.1) is 18.3 Å². The molecule has 0 aliphatic carbocycles. The Bertz CT molecular complexity index is 1140. The predicted octanol–water partition coefficient (Wildman–Crippen LogP) is 5.17. The number of fused-ring (bicyclic) bond motifs is 3. The van der Waals surface area contributed by atoms with Crippen molar-refractivity contribution in [2.24, 2.45) is 5.14 Å². The largest absolute Gasteiger partial charge is 0.497 e. The summed E-state index contributed by atoms with van der Waals surface area (Å²) in [6, 6.07) is 15.2. The van der Waals surface area contributed by atoms with E-state index in [9.17, 15) is 13.2 Å². The molecule has 138 valence electrons. The van der Waals surface area contributed by atoms with E-state index in [1.165, 1.54) is 10.7 Å². The highest BCUT2D eigenvalue weighted by Gasteiger charge is 2.37. The van der Waals surface area contributed by atoms with Crippen LogP contribution in [0.1, 0.15) is 5.69 Å². The first-order valence-corrected chi connectivity index (χ1v) is 8.84. The lowest BCUT2D eigenvalue weighted by Gasteiger charge is -2.08. The third-order valence-corrected chi connectivity index (χ3v) is 4.90. The van der Waals surface area contributed by atoms with Crippen LogP contribution >= 0.6 is 11.9 Å². The molecule has 0 aliphatic heterocycles. The van der Waals surface area contributed by atoms with Gasteiger partial charge in [-0.2, -0.15) is 18.3 Å². The van der Waals surface area contributed by atoms with Crippen molar-refractivity contribution in [3.05, 3.63) is 60.3 Å². The van der Waals surface area contributed by atoms with Gasteiger partial charge in [0.1, 0.15) is 5.75 Å². The third-order valence-electron chi connectivity index (χ3n) is 4.35. The Kier molecular flexibility index (Phi) is 4.24. The lowest BCUT2D eigenvalue weighted by molar-refractivity contribution is -0.140. The minimum absolute atomic E-state index is 0.0532. The van der Waals surface area contributed by atoms with Crippen LogP contribution in [0, 0.1) is 0 Å². The van der Waals surface area contributed by atoms with Gasteiger partial charge in [0.15, 0.2) is 5.69 Å². The third kappa shape index (κ3) is 3.00. The van der Waals surface area contributed by atoms with Gasteiger partial charge >= 0.3 is 6.18 Å². The average molecular weight is 389 g/mol. The molecule has 0 atom stereocenters. The second-order valence-corrected chi connectivity index (χ2v) is 6.63. The number of rotatable bonds is 3. The molecule has 2 N–H and O–H groups in total. The molecule has 8 heteroatoms. The molecule has 27 heavy (non-hydrogen) atoms. The van der Waals surface area contributed by atoms with Crippen LogP contribution in [0.15, 0.2) is 59.5 Å². The van der Waals surface area contributed by atoms with E-state index >= 15 is 0 Å². The Morgan fingerprint density at radius 3 is 2.33 bits per heavy atom. The first-order valence-electron chi connectivity index (χ1n) is 7.96. The van der Waals surface area contributed by atoms with Gasteiger partial charge in [-0.3, -0.25) is 5.14 Å². The number of hydrogen-bond donors (Lipinski definition) is 1. The van der Waals surface area contributed by atoms with Gasteiger partial charge in [0.25, 0.3) is 0 Å². The van der Waals surface area contributed by atoms with Gasteiger partial charge in [0, 0.05) is 15.7 Å². The zero-order chi connectivity index (χ0) is 19.2. The van der Waals surface area contributed by atoms with Gasteiger partial charge < -0.3 is 4.74 Å². The number of nitrogens with zero attached hydrogens (tertiary/aromatic N) is 2. The second-order valence-electron chi connectivity index (χ2n) is 5.92. The standard InChI is InChI=1S/C19H14F3N3OS/c1-26-13-5-9-15-11(10-13)2-8-16-17(15)25(24-18(16)19(20,21)22)12-3-6-14(27-23)7-4-12/h2-10H,23H2,1H3. The van der Waals surface area contributed by atoms with Crippen LogP contribution in [-0.4, -0.2) is 16.9 Å². The Labute approximate surface area is 156 Å². The number of aromatic nitrogens is 2. The number of methoxy groups -OCH3 is 1. The van der Waals surface area contributed by atoms with Crippen LogP contribution in [0.25, 0.3) is 27.4 Å². The Hall–Kier alpha value is -2.71. The quantitative estimate of drug-likeness (QED) is 0.491. The van der Waals surface area contributed by atoms with Gasteiger partial charge in [-0.25, -0.2) is 4.68 Å². The van der Waals surface area contributed by atoms with E-state index in [-0.39, 0.29) is 5.39 Å². The highest BCUT2D eigenvalue weighted by Crippen LogP contribution is 2.38. The summed E-state index contributed by atoms with van der Waals surface area (Å²) in [6.45, 7) is 0. The molecule has 0 bridgehead atoms. The molecular formula is C19H14F3N3OS. The lowest BCUT2D eigenvalue weighted by Crippen LogP contribution is -2.07. The summed E-state index contributed by atoms with van der Waals surface area (Å²) < 4.78 is 47.3. The molecule has 0 saturated carbocycles. The van der Waals surface area contributed by atoms with E-state index in [2.05, 4.69) is 5.10 Å². The Morgan fingerprint density at radius 2 is 1.70 bits per heavy atom. The van der Waals surface area contributed by atoms with Crippen molar-refractivity contribution in [1.82, 2.24) is 9.78 Å². The number of alkyl halides is 3. The SMILES string of the molecule is COc1ccc2c(ccc3c(C(F)(F)F)nn(-c4ccc(SN)cc4)c32)c1. The fourth-order valence-corrected chi connectivity index (χ4v) is 3.40. The van der Waals surface area contributed by atoms with Gasteiger partial charge in [-0.15, -0.1) is 0 Å². The molecule has 0 aliphatic rings. The molecule has 4 rings (SSSR count). The number of hydrogen-bond acceptors (Lipinski definition) is 4. The van der Waals surface area contributed by atoms with E-state index in [0.717, 1.165) is 22.2 Å². The van der Waals surface area contributed by atoms with E-state index in [1.54, 1.807) is 55.6 Å². The highest BCUT2D eigenvalue weighted by atomic mass is 32.2. The van der Waals surface area contributed by atoms with E-state index < -0.39 is 11.9 Å². The molecule has 0 spiro atoms. The number of halogens is 3. The van der Waals surface area contributed by atoms with Crippen molar-refractivity contribution in [2.45, 2.75) is 11.1 Å². The molecule has 0 fully saturated rings. The van der Waals surface area contributed by atoms with Crippen molar-refractivity contribution >= 4 is 33.6 Å². The number of nitrogens with two attached hydrogens (primary N) is 1. The minimum Gasteiger partial charge on any atom is -0.497 e. The van der Waals surface area contributed by atoms with Crippen molar-refractivity contribution in [2.75, 3.05) is 7.11 Å². The van der Waals surface area contributed by atoms with Crippen molar-refractivity contribution in [3.8, 4) is 11.4 Å². The van der Waals surface area contributed by atoms with Crippen molar-refractivity contribution in [3.63, 3.8) is 0 Å². The maximum absolute atomic E-state index is 13.6.